The van der Waals surface area contributed by atoms with Crippen molar-refractivity contribution < 1.29 is 14.3 Å². The number of rotatable bonds is 4. The molecule has 1 fully saturated rings. The minimum absolute atomic E-state index is 0.0975. The molecule has 0 radical (unpaired) electrons. The lowest BCUT2D eigenvalue weighted by Gasteiger charge is -2.28. The molecule has 2 rings (SSSR count). The highest BCUT2D eigenvalue weighted by molar-refractivity contribution is 7.80. The van der Waals surface area contributed by atoms with E-state index in [1.165, 1.54) is 4.90 Å². The van der Waals surface area contributed by atoms with Crippen LogP contribution in [0.3, 0.4) is 0 Å². The average molecular weight is 292 g/mol. The molecular formula is C14H16N2O3S. The maximum Gasteiger partial charge on any atom is 0.234 e. The second kappa shape index (κ2) is 6.00. The topological polar surface area (TPSA) is 72.6 Å². The van der Waals surface area contributed by atoms with Crippen LogP contribution >= 0.6 is 12.2 Å². The van der Waals surface area contributed by atoms with Crippen LogP contribution in [0, 0.1) is 5.92 Å². The van der Waals surface area contributed by atoms with Crippen molar-refractivity contribution in [2.24, 2.45) is 11.7 Å². The highest BCUT2D eigenvalue weighted by atomic mass is 32.1. The number of carbonyl (C=O) groups is 2. The van der Waals surface area contributed by atoms with E-state index < -0.39 is 0 Å². The molecule has 2 amide bonds. The predicted molar refractivity (Wildman–Crippen MR) is 79.6 cm³/mol. The molecule has 1 saturated heterocycles. The molecule has 0 saturated carbocycles. The third-order valence-electron chi connectivity index (χ3n) is 3.00. The molecule has 1 aliphatic heterocycles. The molecule has 5 nitrogen and oxygen atoms in total. The Morgan fingerprint density at radius 3 is 2.65 bits per heavy atom. The maximum atomic E-state index is 12.0. The third kappa shape index (κ3) is 3.33. The van der Waals surface area contributed by atoms with Crippen LogP contribution in [0.4, 0.5) is 5.69 Å². The van der Waals surface area contributed by atoms with E-state index in [4.69, 9.17) is 22.7 Å². The van der Waals surface area contributed by atoms with E-state index in [0.29, 0.717) is 24.3 Å². The summed E-state index contributed by atoms with van der Waals surface area (Å²) < 4.78 is 5.38. The van der Waals surface area contributed by atoms with Crippen LogP contribution < -0.4 is 15.4 Å². The molecule has 106 valence electrons. The summed E-state index contributed by atoms with van der Waals surface area (Å²) in [6, 6.07) is 6.80. The zero-order valence-corrected chi connectivity index (χ0v) is 12.0. The number of hydrogen-bond acceptors (Lipinski definition) is 4. The molecule has 1 aliphatic rings. The number of carbonyl (C=O) groups excluding carboxylic acids is 2. The molecule has 0 bridgehead atoms. The molecule has 0 atom stereocenters. The van der Waals surface area contributed by atoms with Crippen molar-refractivity contribution in [3.05, 3.63) is 24.3 Å². The monoisotopic (exact) mass is 292 g/mol. The van der Waals surface area contributed by atoms with Crippen molar-refractivity contribution in [2.45, 2.75) is 19.8 Å². The second-order valence-electron chi connectivity index (χ2n) is 4.89. The van der Waals surface area contributed by atoms with Gasteiger partial charge in [-0.3, -0.25) is 14.5 Å². The molecule has 1 heterocycles. The SMILES string of the molecule is CC1CC(=O)N(c2cccc(OCC(N)=S)c2)C(=O)C1. The largest absolute Gasteiger partial charge is 0.486 e. The van der Waals surface area contributed by atoms with Gasteiger partial charge in [-0.05, 0) is 18.1 Å². The van der Waals surface area contributed by atoms with Crippen LogP contribution in [0.15, 0.2) is 24.3 Å². The Bertz CT molecular complexity index is 541. The Balaban J connectivity index is 2.19. The standard InChI is InChI=1S/C14H16N2O3S/c1-9-5-13(17)16(14(18)6-9)10-3-2-4-11(7-10)19-8-12(15)20/h2-4,7,9H,5-6,8H2,1H3,(H2,15,20). The fourth-order valence-electron chi connectivity index (χ4n) is 2.14. The van der Waals surface area contributed by atoms with Crippen LogP contribution in [0.25, 0.3) is 0 Å². The first kappa shape index (κ1) is 14.5. The summed E-state index contributed by atoms with van der Waals surface area (Å²) in [5.41, 5.74) is 5.89. The lowest BCUT2D eigenvalue weighted by Crippen LogP contribution is -2.42. The highest BCUT2D eigenvalue weighted by Crippen LogP contribution is 2.27. The highest BCUT2D eigenvalue weighted by Gasteiger charge is 2.31. The minimum atomic E-state index is -0.180. The second-order valence-corrected chi connectivity index (χ2v) is 5.41. The number of hydrogen-bond donors (Lipinski definition) is 1. The van der Waals surface area contributed by atoms with Gasteiger partial charge in [0, 0.05) is 18.9 Å². The summed E-state index contributed by atoms with van der Waals surface area (Å²) >= 11 is 4.74. The Labute approximate surface area is 122 Å². The Morgan fingerprint density at radius 1 is 1.40 bits per heavy atom. The quantitative estimate of drug-likeness (QED) is 0.674. The zero-order chi connectivity index (χ0) is 14.7. The summed E-state index contributed by atoms with van der Waals surface area (Å²) in [6.07, 6.45) is 0.757. The molecule has 0 unspecified atom stereocenters. The summed E-state index contributed by atoms with van der Waals surface area (Å²) in [6.45, 7) is 2.02. The lowest BCUT2D eigenvalue weighted by atomic mass is 9.97. The van der Waals surface area contributed by atoms with Crippen molar-refractivity contribution in [1.82, 2.24) is 0 Å². The number of benzene rings is 1. The Hall–Kier alpha value is -1.95. The van der Waals surface area contributed by atoms with Crippen molar-refractivity contribution in [1.29, 1.82) is 0 Å². The lowest BCUT2D eigenvalue weighted by molar-refractivity contribution is -0.130. The van der Waals surface area contributed by atoms with Gasteiger partial charge in [0.15, 0.2) is 0 Å². The molecule has 0 aromatic heterocycles. The van der Waals surface area contributed by atoms with Gasteiger partial charge < -0.3 is 10.5 Å². The van der Waals surface area contributed by atoms with Gasteiger partial charge in [0.1, 0.15) is 17.3 Å². The number of nitrogens with zero attached hydrogens (tertiary/aromatic N) is 1. The Kier molecular flexibility index (Phi) is 4.34. The van der Waals surface area contributed by atoms with Gasteiger partial charge in [0.25, 0.3) is 0 Å². The van der Waals surface area contributed by atoms with E-state index in [0.717, 1.165) is 0 Å². The first-order valence-electron chi connectivity index (χ1n) is 6.34. The molecule has 20 heavy (non-hydrogen) atoms. The summed E-state index contributed by atoms with van der Waals surface area (Å²) in [5.74, 6) is 0.260. The van der Waals surface area contributed by atoms with Crippen molar-refractivity contribution in [3.8, 4) is 5.75 Å². The summed E-state index contributed by atoms with van der Waals surface area (Å²) in [4.78, 5) is 25.5. The van der Waals surface area contributed by atoms with Crippen molar-refractivity contribution in [2.75, 3.05) is 11.5 Å². The number of anilines is 1. The van der Waals surface area contributed by atoms with Gasteiger partial charge in [-0.15, -0.1) is 0 Å². The molecule has 1 aromatic rings. The minimum Gasteiger partial charge on any atom is -0.486 e. The van der Waals surface area contributed by atoms with Gasteiger partial charge in [-0.25, -0.2) is 0 Å². The summed E-state index contributed by atoms with van der Waals surface area (Å²) in [5, 5.41) is 0. The predicted octanol–water partition coefficient (Wildman–Crippen LogP) is 1.64. The van der Waals surface area contributed by atoms with Crippen LogP contribution in [0.2, 0.25) is 0 Å². The molecule has 2 N–H and O–H groups in total. The average Bonchev–Trinajstić information content (AvgIpc) is 2.35. The number of ether oxygens (including phenoxy) is 1. The van der Waals surface area contributed by atoms with E-state index in [-0.39, 0.29) is 29.3 Å². The van der Waals surface area contributed by atoms with E-state index in [2.05, 4.69) is 0 Å². The summed E-state index contributed by atoms with van der Waals surface area (Å²) in [7, 11) is 0. The molecule has 6 heteroatoms. The normalized spacial score (nSPS) is 16.4. The van der Waals surface area contributed by atoms with Crippen molar-refractivity contribution in [3.63, 3.8) is 0 Å². The number of imide groups is 1. The zero-order valence-electron chi connectivity index (χ0n) is 11.2. The van der Waals surface area contributed by atoms with Crippen LogP contribution in [0.1, 0.15) is 19.8 Å². The van der Waals surface area contributed by atoms with Crippen LogP contribution in [0.5, 0.6) is 5.75 Å². The first-order chi connectivity index (χ1) is 9.47. The van der Waals surface area contributed by atoms with E-state index in [1.54, 1.807) is 24.3 Å². The van der Waals surface area contributed by atoms with Crippen LogP contribution in [-0.2, 0) is 9.59 Å². The van der Waals surface area contributed by atoms with Crippen molar-refractivity contribution >= 4 is 34.7 Å². The van der Waals surface area contributed by atoms with Crippen LogP contribution in [-0.4, -0.2) is 23.4 Å². The number of piperidine rings is 1. The fraction of sp³-hybridized carbons (Fsp3) is 0.357. The molecule has 0 spiro atoms. The van der Waals surface area contributed by atoms with Gasteiger partial charge >= 0.3 is 0 Å². The van der Waals surface area contributed by atoms with Gasteiger partial charge in [-0.1, -0.05) is 25.2 Å². The smallest absolute Gasteiger partial charge is 0.234 e. The molecule has 1 aromatic carbocycles. The Morgan fingerprint density at radius 2 is 2.05 bits per heavy atom. The third-order valence-corrected chi connectivity index (χ3v) is 3.12. The molecular weight excluding hydrogens is 276 g/mol. The number of thiocarbonyl (C=S) groups is 1. The van der Waals surface area contributed by atoms with E-state index in [9.17, 15) is 9.59 Å². The number of amides is 2. The maximum absolute atomic E-state index is 12.0. The van der Waals surface area contributed by atoms with Gasteiger partial charge in [0.2, 0.25) is 11.8 Å². The first-order valence-corrected chi connectivity index (χ1v) is 6.75. The fourth-order valence-corrected chi connectivity index (χ4v) is 2.20. The number of nitrogens with two attached hydrogens (primary N) is 1. The van der Waals surface area contributed by atoms with Gasteiger partial charge in [0.05, 0.1) is 5.69 Å². The van der Waals surface area contributed by atoms with E-state index >= 15 is 0 Å². The van der Waals surface area contributed by atoms with E-state index in [1.807, 2.05) is 6.92 Å². The van der Waals surface area contributed by atoms with Gasteiger partial charge in [-0.2, -0.15) is 0 Å². The molecule has 0 aliphatic carbocycles.